The number of phenols is 1. The van der Waals surface area contributed by atoms with Crippen molar-refractivity contribution >= 4 is 5.78 Å². The third kappa shape index (κ3) is 5.33. The predicted molar refractivity (Wildman–Crippen MR) is 108 cm³/mol. The fraction of sp³-hybridized carbons (Fsp3) is 0.409. The highest BCUT2D eigenvalue weighted by molar-refractivity contribution is 5.99. The lowest BCUT2D eigenvalue weighted by molar-refractivity contribution is -0.277. The molecule has 168 valence electrons. The van der Waals surface area contributed by atoms with E-state index in [0.29, 0.717) is 12.2 Å². The molecule has 1 fully saturated rings. The molecule has 9 nitrogen and oxygen atoms in total. The zero-order chi connectivity index (χ0) is 22.5. The normalized spacial score (nSPS) is 25.8. The van der Waals surface area contributed by atoms with E-state index >= 15 is 0 Å². The van der Waals surface area contributed by atoms with Crippen molar-refractivity contribution in [3.8, 4) is 17.2 Å². The summed E-state index contributed by atoms with van der Waals surface area (Å²) in [5.41, 5.74) is 1.09. The van der Waals surface area contributed by atoms with Gasteiger partial charge < -0.3 is 39.7 Å². The minimum Gasteiger partial charge on any atom is -0.508 e. The van der Waals surface area contributed by atoms with Crippen LogP contribution < -0.4 is 9.47 Å². The summed E-state index contributed by atoms with van der Waals surface area (Å²) >= 11 is 0. The molecule has 2 aromatic carbocycles. The first-order chi connectivity index (χ1) is 14.8. The number of phenolic OH excluding ortho intramolecular Hbond substituents is 1. The molecule has 5 atom stereocenters. The van der Waals surface area contributed by atoms with Gasteiger partial charge in [-0.05, 0) is 36.2 Å². The maximum Gasteiger partial charge on any atom is 0.229 e. The first-order valence-corrected chi connectivity index (χ1v) is 9.80. The van der Waals surface area contributed by atoms with Gasteiger partial charge in [-0.1, -0.05) is 12.1 Å². The van der Waals surface area contributed by atoms with Gasteiger partial charge in [0.15, 0.2) is 5.78 Å². The zero-order valence-electron chi connectivity index (χ0n) is 16.9. The zero-order valence-corrected chi connectivity index (χ0v) is 16.9. The van der Waals surface area contributed by atoms with Crippen LogP contribution >= 0.6 is 0 Å². The molecule has 31 heavy (non-hydrogen) atoms. The van der Waals surface area contributed by atoms with E-state index in [2.05, 4.69) is 0 Å². The van der Waals surface area contributed by atoms with E-state index in [1.807, 2.05) is 0 Å². The van der Waals surface area contributed by atoms with Crippen LogP contribution in [0.3, 0.4) is 0 Å². The number of rotatable bonds is 8. The maximum atomic E-state index is 12.9. The smallest absolute Gasteiger partial charge is 0.229 e. The Labute approximate surface area is 179 Å². The first kappa shape index (κ1) is 23.0. The molecular weight excluding hydrogens is 408 g/mol. The van der Waals surface area contributed by atoms with Gasteiger partial charge in [0, 0.05) is 12.5 Å². The summed E-state index contributed by atoms with van der Waals surface area (Å²) in [6.07, 6.45) is -6.70. The molecule has 1 heterocycles. The number of aromatic hydroxyl groups is 1. The Morgan fingerprint density at radius 1 is 1.03 bits per heavy atom. The van der Waals surface area contributed by atoms with Crippen molar-refractivity contribution < 1.29 is 44.5 Å². The second-order valence-corrected chi connectivity index (χ2v) is 7.27. The van der Waals surface area contributed by atoms with E-state index in [-0.39, 0.29) is 29.3 Å². The highest BCUT2D eigenvalue weighted by Gasteiger charge is 2.45. The van der Waals surface area contributed by atoms with Crippen LogP contribution in [-0.2, 0) is 11.2 Å². The molecule has 2 aromatic rings. The van der Waals surface area contributed by atoms with E-state index in [9.17, 15) is 30.3 Å². The minimum atomic E-state index is -1.61. The van der Waals surface area contributed by atoms with Gasteiger partial charge in [-0.3, -0.25) is 4.79 Å². The molecule has 5 N–H and O–H groups in total. The number of hydrogen-bond acceptors (Lipinski definition) is 9. The summed E-state index contributed by atoms with van der Waals surface area (Å²) in [5.74, 6) is 0.366. The number of aliphatic hydroxyl groups is 4. The van der Waals surface area contributed by atoms with Crippen LogP contribution in [-0.4, -0.2) is 75.7 Å². The molecule has 0 spiro atoms. The Hall–Kier alpha value is -2.69. The van der Waals surface area contributed by atoms with Crippen LogP contribution in [0.15, 0.2) is 42.5 Å². The van der Waals surface area contributed by atoms with Crippen LogP contribution in [0.25, 0.3) is 0 Å². The standard InChI is InChI=1S/C22H26O9/c1-29-14-7-8-15(16(25)9-4-12-2-5-13(24)6-3-12)17(10-14)30-22-21(28)20(27)19(26)18(11-23)31-22/h2-3,5-8,10,18-24,26-28H,4,9,11H2,1H3/t18-,19+,20-,21-,22+/m0/s1. The lowest BCUT2D eigenvalue weighted by atomic mass is 9.99. The molecule has 9 heteroatoms. The monoisotopic (exact) mass is 434 g/mol. The second-order valence-electron chi connectivity index (χ2n) is 7.27. The van der Waals surface area contributed by atoms with E-state index in [0.717, 1.165) is 5.56 Å². The van der Waals surface area contributed by atoms with Crippen molar-refractivity contribution in [1.82, 2.24) is 0 Å². The van der Waals surface area contributed by atoms with Crippen LogP contribution in [0, 0.1) is 0 Å². The summed E-state index contributed by atoms with van der Waals surface area (Å²) in [4.78, 5) is 12.9. The van der Waals surface area contributed by atoms with Crippen LogP contribution in [0.5, 0.6) is 17.2 Å². The molecule has 0 radical (unpaired) electrons. The number of ketones is 1. The number of benzene rings is 2. The average molecular weight is 434 g/mol. The molecule has 0 saturated carbocycles. The molecule has 0 bridgehead atoms. The Bertz CT molecular complexity index is 881. The van der Waals surface area contributed by atoms with Crippen LogP contribution in [0.4, 0.5) is 0 Å². The number of aryl methyl sites for hydroxylation is 1. The second kappa shape index (κ2) is 10.1. The molecule has 0 unspecified atom stereocenters. The molecule has 1 aliphatic rings. The van der Waals surface area contributed by atoms with Gasteiger partial charge in [0.05, 0.1) is 19.3 Å². The number of carbonyl (C=O) groups is 1. The summed E-state index contributed by atoms with van der Waals surface area (Å²) in [6, 6.07) is 11.1. The van der Waals surface area contributed by atoms with Gasteiger partial charge >= 0.3 is 0 Å². The Morgan fingerprint density at radius 2 is 1.74 bits per heavy atom. The number of ether oxygens (including phenoxy) is 3. The Morgan fingerprint density at radius 3 is 2.39 bits per heavy atom. The predicted octanol–water partition coefficient (Wildman–Crippen LogP) is 0.395. The topological polar surface area (TPSA) is 146 Å². The number of aliphatic hydroxyl groups excluding tert-OH is 4. The highest BCUT2D eigenvalue weighted by atomic mass is 16.7. The highest BCUT2D eigenvalue weighted by Crippen LogP contribution is 2.30. The largest absolute Gasteiger partial charge is 0.508 e. The van der Waals surface area contributed by atoms with Crippen molar-refractivity contribution in [3.63, 3.8) is 0 Å². The number of methoxy groups -OCH3 is 1. The summed E-state index contributed by atoms with van der Waals surface area (Å²) in [6.45, 7) is -0.596. The van der Waals surface area contributed by atoms with Gasteiger partial charge in [0.2, 0.25) is 6.29 Å². The Kier molecular flexibility index (Phi) is 7.47. The summed E-state index contributed by atoms with van der Waals surface area (Å²) in [5, 5.41) is 48.8. The van der Waals surface area contributed by atoms with E-state index < -0.39 is 37.3 Å². The SMILES string of the molecule is COc1ccc(C(=O)CCc2ccc(O)cc2)c(O[C@@H]2O[C@@H](CO)[C@@H](O)[C@H](O)[C@@H]2O)c1. The Balaban J connectivity index is 1.79. The quantitative estimate of drug-likeness (QED) is 0.373. The number of Topliss-reactive ketones (excluding diaryl/α,β-unsaturated/α-hetero) is 1. The van der Waals surface area contributed by atoms with E-state index in [4.69, 9.17) is 14.2 Å². The molecule has 0 aliphatic carbocycles. The van der Waals surface area contributed by atoms with Gasteiger partial charge in [0.25, 0.3) is 0 Å². The molecule has 3 rings (SSSR count). The number of carbonyl (C=O) groups excluding carboxylic acids is 1. The molecule has 1 saturated heterocycles. The molecular formula is C22H26O9. The van der Waals surface area contributed by atoms with Crippen molar-refractivity contribution in [2.75, 3.05) is 13.7 Å². The van der Waals surface area contributed by atoms with Crippen molar-refractivity contribution in [2.24, 2.45) is 0 Å². The lowest BCUT2D eigenvalue weighted by Gasteiger charge is -2.39. The van der Waals surface area contributed by atoms with E-state index in [1.165, 1.54) is 19.2 Å². The third-order valence-corrected chi connectivity index (χ3v) is 5.16. The summed E-state index contributed by atoms with van der Waals surface area (Å²) in [7, 11) is 1.44. The van der Waals surface area contributed by atoms with Gasteiger partial charge in [-0.2, -0.15) is 0 Å². The van der Waals surface area contributed by atoms with Crippen molar-refractivity contribution in [3.05, 3.63) is 53.6 Å². The van der Waals surface area contributed by atoms with Crippen LogP contribution in [0.1, 0.15) is 22.3 Å². The fourth-order valence-electron chi connectivity index (χ4n) is 3.30. The van der Waals surface area contributed by atoms with Gasteiger partial charge in [-0.25, -0.2) is 0 Å². The average Bonchev–Trinajstić information content (AvgIpc) is 2.78. The number of hydrogen-bond donors (Lipinski definition) is 5. The molecule has 1 aliphatic heterocycles. The lowest BCUT2D eigenvalue weighted by Crippen LogP contribution is -2.60. The minimum absolute atomic E-state index is 0.0689. The molecule has 0 aromatic heterocycles. The van der Waals surface area contributed by atoms with Gasteiger partial charge in [0.1, 0.15) is 41.7 Å². The third-order valence-electron chi connectivity index (χ3n) is 5.16. The van der Waals surface area contributed by atoms with Gasteiger partial charge in [-0.15, -0.1) is 0 Å². The van der Waals surface area contributed by atoms with Crippen molar-refractivity contribution in [2.45, 2.75) is 43.5 Å². The summed E-state index contributed by atoms with van der Waals surface area (Å²) < 4.78 is 16.2. The first-order valence-electron chi connectivity index (χ1n) is 9.80. The molecule has 0 amide bonds. The van der Waals surface area contributed by atoms with Crippen molar-refractivity contribution in [1.29, 1.82) is 0 Å². The van der Waals surface area contributed by atoms with E-state index in [1.54, 1.807) is 30.3 Å². The maximum absolute atomic E-state index is 12.9. The fourth-order valence-corrected chi connectivity index (χ4v) is 3.30. The van der Waals surface area contributed by atoms with Crippen LogP contribution in [0.2, 0.25) is 0 Å².